The van der Waals surface area contributed by atoms with Crippen LogP contribution in [0.5, 0.6) is 5.75 Å². The molecule has 0 saturated carbocycles. The van der Waals surface area contributed by atoms with Gasteiger partial charge in [-0.1, -0.05) is 18.2 Å². The molecule has 1 aromatic carbocycles. The highest BCUT2D eigenvalue weighted by Crippen LogP contribution is 2.17. The van der Waals surface area contributed by atoms with Crippen LogP contribution in [0, 0.1) is 5.92 Å². The molecule has 132 valence electrons. The fourth-order valence-electron chi connectivity index (χ4n) is 3.20. The molecule has 0 radical (unpaired) electrons. The molecule has 6 heteroatoms. The van der Waals surface area contributed by atoms with Crippen LogP contribution in [-0.2, 0) is 9.53 Å². The van der Waals surface area contributed by atoms with Crippen LogP contribution in [0.1, 0.15) is 6.42 Å². The van der Waals surface area contributed by atoms with Crippen molar-refractivity contribution in [1.29, 1.82) is 0 Å². The van der Waals surface area contributed by atoms with Crippen LogP contribution in [0.15, 0.2) is 30.3 Å². The Hall–Kier alpha value is -1.63. The number of rotatable bonds is 6. The molecule has 0 unspecified atom stereocenters. The van der Waals surface area contributed by atoms with E-state index in [-0.39, 0.29) is 18.4 Å². The Bertz CT molecular complexity index is 511. The summed E-state index contributed by atoms with van der Waals surface area (Å²) in [7, 11) is 0. The molecular formula is C18H26N2O4. The van der Waals surface area contributed by atoms with Crippen LogP contribution in [-0.4, -0.2) is 79.5 Å². The second-order valence-corrected chi connectivity index (χ2v) is 6.46. The lowest BCUT2D eigenvalue weighted by Crippen LogP contribution is -2.52. The van der Waals surface area contributed by atoms with Crippen LogP contribution < -0.4 is 4.74 Å². The fraction of sp³-hybridized carbons (Fsp3) is 0.611. The van der Waals surface area contributed by atoms with Crippen molar-refractivity contribution in [2.45, 2.75) is 12.5 Å². The van der Waals surface area contributed by atoms with Crippen molar-refractivity contribution in [1.82, 2.24) is 9.80 Å². The number of amides is 1. The van der Waals surface area contributed by atoms with Crippen molar-refractivity contribution in [3.8, 4) is 5.75 Å². The first-order chi connectivity index (χ1) is 11.7. The van der Waals surface area contributed by atoms with Crippen molar-refractivity contribution in [2.75, 3.05) is 52.5 Å². The predicted octanol–water partition coefficient (Wildman–Crippen LogP) is 0.607. The maximum absolute atomic E-state index is 12.3. The molecule has 24 heavy (non-hydrogen) atoms. The van der Waals surface area contributed by atoms with Gasteiger partial charge in [-0.3, -0.25) is 9.69 Å². The Morgan fingerprint density at radius 2 is 2.00 bits per heavy atom. The molecule has 3 rings (SSSR count). The third kappa shape index (κ3) is 4.69. The maximum Gasteiger partial charge on any atom is 0.228 e. The van der Waals surface area contributed by atoms with Crippen molar-refractivity contribution < 1.29 is 19.4 Å². The molecule has 1 amide bonds. The minimum absolute atomic E-state index is 0.0430. The lowest BCUT2D eigenvalue weighted by molar-refractivity contribution is -0.137. The second kappa shape index (κ2) is 8.46. The van der Waals surface area contributed by atoms with E-state index in [4.69, 9.17) is 9.47 Å². The van der Waals surface area contributed by atoms with E-state index >= 15 is 0 Å². The van der Waals surface area contributed by atoms with Crippen LogP contribution in [0.2, 0.25) is 0 Å². The first-order valence-corrected chi connectivity index (χ1v) is 8.67. The first kappa shape index (κ1) is 17.2. The number of piperazine rings is 1. The molecule has 2 aliphatic heterocycles. The molecule has 1 aromatic rings. The lowest BCUT2D eigenvalue weighted by atomic mass is 10.1. The van der Waals surface area contributed by atoms with Gasteiger partial charge in [-0.15, -0.1) is 0 Å². The van der Waals surface area contributed by atoms with E-state index < -0.39 is 6.10 Å². The quantitative estimate of drug-likeness (QED) is 0.826. The van der Waals surface area contributed by atoms with Crippen LogP contribution in [0.4, 0.5) is 0 Å². The van der Waals surface area contributed by atoms with E-state index in [0.717, 1.165) is 38.3 Å². The molecule has 0 aromatic heterocycles. The Morgan fingerprint density at radius 3 is 2.67 bits per heavy atom. The summed E-state index contributed by atoms with van der Waals surface area (Å²) < 4.78 is 10.9. The van der Waals surface area contributed by atoms with Gasteiger partial charge in [-0.25, -0.2) is 0 Å². The molecule has 1 N–H and O–H groups in total. The summed E-state index contributed by atoms with van der Waals surface area (Å²) in [5, 5.41) is 10.1. The fourth-order valence-corrected chi connectivity index (χ4v) is 3.20. The summed E-state index contributed by atoms with van der Waals surface area (Å²) in [6.07, 6.45) is 0.310. The number of aliphatic hydroxyl groups is 1. The van der Waals surface area contributed by atoms with Gasteiger partial charge in [-0.2, -0.15) is 0 Å². The predicted molar refractivity (Wildman–Crippen MR) is 89.9 cm³/mol. The molecule has 2 aliphatic rings. The molecule has 0 bridgehead atoms. The molecule has 2 atom stereocenters. The van der Waals surface area contributed by atoms with E-state index in [1.165, 1.54) is 0 Å². The molecular weight excluding hydrogens is 308 g/mol. The highest BCUT2D eigenvalue weighted by atomic mass is 16.5. The monoisotopic (exact) mass is 334 g/mol. The summed E-state index contributed by atoms with van der Waals surface area (Å²) in [6, 6.07) is 9.51. The molecule has 2 fully saturated rings. The normalized spacial score (nSPS) is 23.2. The summed E-state index contributed by atoms with van der Waals surface area (Å²) in [5.41, 5.74) is 0. The molecule has 2 heterocycles. The summed E-state index contributed by atoms with van der Waals surface area (Å²) >= 11 is 0. The number of nitrogens with zero attached hydrogens (tertiary/aromatic N) is 2. The number of hydrogen-bond acceptors (Lipinski definition) is 5. The molecule has 0 aliphatic carbocycles. The minimum Gasteiger partial charge on any atom is -0.491 e. The zero-order chi connectivity index (χ0) is 16.8. The van der Waals surface area contributed by atoms with E-state index in [9.17, 15) is 9.90 Å². The second-order valence-electron chi connectivity index (χ2n) is 6.46. The number of carbonyl (C=O) groups is 1. The average Bonchev–Trinajstić information content (AvgIpc) is 3.16. The number of benzene rings is 1. The highest BCUT2D eigenvalue weighted by Gasteiger charge is 2.30. The van der Waals surface area contributed by atoms with Crippen LogP contribution in [0.25, 0.3) is 0 Å². The Balaban J connectivity index is 1.36. The number of aliphatic hydroxyl groups excluding tert-OH is 1. The van der Waals surface area contributed by atoms with Crippen molar-refractivity contribution in [3.63, 3.8) is 0 Å². The van der Waals surface area contributed by atoms with Gasteiger partial charge in [0.2, 0.25) is 5.91 Å². The van der Waals surface area contributed by atoms with Gasteiger partial charge in [0.15, 0.2) is 0 Å². The highest BCUT2D eigenvalue weighted by molar-refractivity contribution is 5.79. The van der Waals surface area contributed by atoms with Crippen LogP contribution in [0.3, 0.4) is 0 Å². The van der Waals surface area contributed by atoms with Gasteiger partial charge in [0.05, 0.1) is 12.5 Å². The minimum atomic E-state index is -0.532. The number of ether oxygens (including phenoxy) is 2. The Labute approximate surface area is 143 Å². The number of β-amino-alcohol motifs (C(OH)–C–C–N with tert-alkyl or cyclic N) is 1. The Morgan fingerprint density at radius 1 is 1.25 bits per heavy atom. The maximum atomic E-state index is 12.3. The largest absolute Gasteiger partial charge is 0.491 e. The topological polar surface area (TPSA) is 62.2 Å². The first-order valence-electron chi connectivity index (χ1n) is 8.67. The van der Waals surface area contributed by atoms with Gasteiger partial charge in [0, 0.05) is 39.3 Å². The van der Waals surface area contributed by atoms with Gasteiger partial charge in [0.1, 0.15) is 18.5 Å². The van der Waals surface area contributed by atoms with Gasteiger partial charge >= 0.3 is 0 Å². The van der Waals surface area contributed by atoms with E-state index in [2.05, 4.69) is 4.90 Å². The third-order valence-corrected chi connectivity index (χ3v) is 4.62. The van der Waals surface area contributed by atoms with E-state index in [0.29, 0.717) is 19.8 Å². The van der Waals surface area contributed by atoms with Crippen molar-refractivity contribution >= 4 is 5.91 Å². The average molecular weight is 334 g/mol. The van der Waals surface area contributed by atoms with Gasteiger partial charge in [0.25, 0.3) is 0 Å². The molecule has 2 saturated heterocycles. The molecule has 0 spiro atoms. The van der Waals surface area contributed by atoms with Crippen molar-refractivity contribution in [2.24, 2.45) is 5.92 Å². The zero-order valence-electron chi connectivity index (χ0n) is 14.0. The summed E-state index contributed by atoms with van der Waals surface area (Å²) in [4.78, 5) is 16.5. The van der Waals surface area contributed by atoms with Crippen LogP contribution >= 0.6 is 0 Å². The number of para-hydroxylation sites is 1. The Kier molecular flexibility index (Phi) is 6.07. The number of carbonyl (C=O) groups excluding carboxylic acids is 1. The number of hydrogen-bond donors (Lipinski definition) is 1. The SMILES string of the molecule is O=C([C@@H]1CCOC1)N1CCN(C[C@H](O)COc2ccccc2)CC1. The zero-order valence-corrected chi connectivity index (χ0v) is 14.0. The lowest BCUT2D eigenvalue weighted by Gasteiger charge is -2.36. The van der Waals surface area contributed by atoms with Crippen molar-refractivity contribution in [3.05, 3.63) is 30.3 Å². The third-order valence-electron chi connectivity index (χ3n) is 4.62. The smallest absolute Gasteiger partial charge is 0.228 e. The molecule has 6 nitrogen and oxygen atoms in total. The summed E-state index contributed by atoms with van der Waals surface area (Å²) in [5.74, 6) is 1.03. The van der Waals surface area contributed by atoms with E-state index in [1.54, 1.807) is 0 Å². The van der Waals surface area contributed by atoms with Gasteiger partial charge in [-0.05, 0) is 18.6 Å². The standard InChI is InChI=1S/C18H26N2O4/c21-16(14-24-17-4-2-1-3-5-17)12-19-7-9-20(10-8-19)18(22)15-6-11-23-13-15/h1-5,15-16,21H,6-14H2/t15-,16+/m1/s1. The summed E-state index contributed by atoms with van der Waals surface area (Å²) in [6.45, 7) is 5.15. The van der Waals surface area contributed by atoms with E-state index in [1.807, 2.05) is 35.2 Å². The van der Waals surface area contributed by atoms with Gasteiger partial charge < -0.3 is 19.5 Å².